The second kappa shape index (κ2) is 6.29. The molecule has 1 amide bonds. The van der Waals surface area contributed by atoms with Gasteiger partial charge in [-0.15, -0.1) is 0 Å². The van der Waals surface area contributed by atoms with Crippen LogP contribution in [0, 0.1) is 5.41 Å². The highest BCUT2D eigenvalue weighted by Gasteiger charge is 2.41. The average molecular weight is 274 g/mol. The molecule has 0 aliphatic heterocycles. The molecule has 1 aliphatic rings. The van der Waals surface area contributed by atoms with Gasteiger partial charge in [-0.05, 0) is 43.9 Å². The highest BCUT2D eigenvalue weighted by Crippen LogP contribution is 2.42. The predicted molar refractivity (Wildman–Crippen MR) is 83.1 cm³/mol. The van der Waals surface area contributed by atoms with Gasteiger partial charge in [-0.2, -0.15) is 0 Å². The van der Waals surface area contributed by atoms with Crippen molar-refractivity contribution in [2.24, 2.45) is 5.41 Å². The molecule has 1 aromatic rings. The second-order valence-electron chi connectivity index (χ2n) is 5.91. The van der Waals surface area contributed by atoms with Crippen molar-refractivity contribution < 1.29 is 4.79 Å². The fourth-order valence-electron chi connectivity index (χ4n) is 3.34. The van der Waals surface area contributed by atoms with Crippen molar-refractivity contribution in [1.29, 1.82) is 0 Å². The molecule has 0 radical (unpaired) electrons. The van der Waals surface area contributed by atoms with Crippen molar-refractivity contribution in [1.82, 2.24) is 4.90 Å². The Bertz CT molecular complexity index is 464. The normalized spacial score (nSPS) is 17.1. The summed E-state index contributed by atoms with van der Waals surface area (Å²) in [6, 6.07) is 7.84. The van der Waals surface area contributed by atoms with E-state index in [-0.39, 0.29) is 5.41 Å². The molecule has 110 valence electrons. The van der Waals surface area contributed by atoms with Crippen LogP contribution in [-0.4, -0.2) is 17.4 Å². The zero-order chi connectivity index (χ0) is 14.6. The number of benzene rings is 1. The number of nitrogen functional groups attached to an aromatic ring is 1. The summed E-state index contributed by atoms with van der Waals surface area (Å²) < 4.78 is 0. The SMILES string of the molecule is CCN(Cc1cccc(N)c1)C(=O)C1(CC)CCCC1. The number of carbonyl (C=O) groups excluding carboxylic acids is 1. The van der Waals surface area contributed by atoms with E-state index in [0.29, 0.717) is 12.5 Å². The van der Waals surface area contributed by atoms with Crippen LogP contribution in [0.25, 0.3) is 0 Å². The van der Waals surface area contributed by atoms with Gasteiger partial charge < -0.3 is 10.6 Å². The first-order chi connectivity index (χ1) is 9.61. The largest absolute Gasteiger partial charge is 0.399 e. The molecule has 20 heavy (non-hydrogen) atoms. The van der Waals surface area contributed by atoms with Crippen LogP contribution in [0.3, 0.4) is 0 Å². The Morgan fingerprint density at radius 2 is 2.00 bits per heavy atom. The standard InChI is InChI=1S/C17H26N2O/c1-3-17(10-5-6-11-17)16(20)19(4-2)13-14-8-7-9-15(18)12-14/h7-9,12H,3-6,10-11,13,18H2,1-2H3. The smallest absolute Gasteiger partial charge is 0.229 e. The molecule has 1 aromatic carbocycles. The average Bonchev–Trinajstić information content (AvgIpc) is 2.94. The maximum absolute atomic E-state index is 12.9. The van der Waals surface area contributed by atoms with Crippen LogP contribution < -0.4 is 5.73 Å². The number of nitrogens with zero attached hydrogens (tertiary/aromatic N) is 1. The number of nitrogens with two attached hydrogens (primary N) is 1. The summed E-state index contributed by atoms with van der Waals surface area (Å²) in [6.07, 6.45) is 5.44. The van der Waals surface area contributed by atoms with Gasteiger partial charge in [-0.1, -0.05) is 31.9 Å². The van der Waals surface area contributed by atoms with Gasteiger partial charge in [0.2, 0.25) is 5.91 Å². The lowest BCUT2D eigenvalue weighted by molar-refractivity contribution is -0.142. The van der Waals surface area contributed by atoms with Crippen LogP contribution in [0.15, 0.2) is 24.3 Å². The van der Waals surface area contributed by atoms with E-state index in [1.165, 1.54) is 12.8 Å². The van der Waals surface area contributed by atoms with Crippen molar-refractivity contribution in [2.45, 2.75) is 52.5 Å². The van der Waals surface area contributed by atoms with E-state index in [1.54, 1.807) is 0 Å². The molecular formula is C17H26N2O. The molecule has 0 unspecified atom stereocenters. The Hall–Kier alpha value is -1.51. The van der Waals surface area contributed by atoms with Gasteiger partial charge in [0.15, 0.2) is 0 Å². The number of rotatable bonds is 5. The predicted octanol–water partition coefficient (Wildman–Crippen LogP) is 3.59. The fraction of sp³-hybridized carbons (Fsp3) is 0.588. The van der Waals surface area contributed by atoms with E-state index in [1.807, 2.05) is 29.2 Å². The minimum Gasteiger partial charge on any atom is -0.399 e. The van der Waals surface area contributed by atoms with Gasteiger partial charge in [0.05, 0.1) is 0 Å². The van der Waals surface area contributed by atoms with Gasteiger partial charge in [0.25, 0.3) is 0 Å². The zero-order valence-corrected chi connectivity index (χ0v) is 12.7. The molecule has 2 rings (SSSR count). The summed E-state index contributed by atoms with van der Waals surface area (Å²) in [5, 5.41) is 0. The lowest BCUT2D eigenvalue weighted by Gasteiger charge is -2.33. The summed E-state index contributed by atoms with van der Waals surface area (Å²) >= 11 is 0. The molecule has 0 atom stereocenters. The number of anilines is 1. The van der Waals surface area contributed by atoms with Crippen LogP contribution in [0.2, 0.25) is 0 Å². The second-order valence-corrected chi connectivity index (χ2v) is 5.91. The minimum absolute atomic E-state index is 0.101. The van der Waals surface area contributed by atoms with Crippen LogP contribution in [-0.2, 0) is 11.3 Å². The van der Waals surface area contributed by atoms with Crippen molar-refractivity contribution in [2.75, 3.05) is 12.3 Å². The van der Waals surface area contributed by atoms with Crippen molar-refractivity contribution >= 4 is 11.6 Å². The molecule has 1 saturated carbocycles. The summed E-state index contributed by atoms with van der Waals surface area (Å²) in [7, 11) is 0. The Labute approximate surface area is 122 Å². The van der Waals surface area contributed by atoms with Crippen LogP contribution in [0.5, 0.6) is 0 Å². The first kappa shape index (κ1) is 14.9. The van der Waals surface area contributed by atoms with Gasteiger partial charge in [0, 0.05) is 24.2 Å². The molecule has 0 saturated heterocycles. The van der Waals surface area contributed by atoms with Gasteiger partial charge >= 0.3 is 0 Å². The third kappa shape index (κ3) is 2.97. The third-order valence-corrected chi connectivity index (χ3v) is 4.68. The molecule has 1 aliphatic carbocycles. The number of carbonyl (C=O) groups is 1. The van der Waals surface area contributed by atoms with E-state index < -0.39 is 0 Å². The highest BCUT2D eigenvalue weighted by molar-refractivity contribution is 5.83. The van der Waals surface area contributed by atoms with E-state index in [4.69, 9.17) is 5.73 Å². The number of hydrogen-bond donors (Lipinski definition) is 1. The van der Waals surface area contributed by atoms with Crippen molar-refractivity contribution in [3.05, 3.63) is 29.8 Å². The Balaban J connectivity index is 2.13. The fourth-order valence-corrected chi connectivity index (χ4v) is 3.34. The molecule has 1 fully saturated rings. The maximum atomic E-state index is 12.9. The topological polar surface area (TPSA) is 46.3 Å². The van der Waals surface area contributed by atoms with Crippen LogP contribution >= 0.6 is 0 Å². The number of amides is 1. The molecule has 0 bridgehead atoms. The summed E-state index contributed by atoms with van der Waals surface area (Å²) in [5.74, 6) is 0.336. The van der Waals surface area contributed by atoms with E-state index in [9.17, 15) is 4.79 Å². The minimum atomic E-state index is -0.101. The lowest BCUT2D eigenvalue weighted by atomic mass is 9.81. The highest BCUT2D eigenvalue weighted by atomic mass is 16.2. The lowest BCUT2D eigenvalue weighted by Crippen LogP contribution is -2.42. The van der Waals surface area contributed by atoms with E-state index in [0.717, 1.165) is 37.1 Å². The zero-order valence-electron chi connectivity index (χ0n) is 12.7. The molecule has 3 nitrogen and oxygen atoms in total. The molecule has 0 aromatic heterocycles. The van der Waals surface area contributed by atoms with Crippen molar-refractivity contribution in [3.8, 4) is 0 Å². The maximum Gasteiger partial charge on any atom is 0.229 e. The first-order valence-electron chi connectivity index (χ1n) is 7.75. The molecule has 0 heterocycles. The van der Waals surface area contributed by atoms with Gasteiger partial charge in [-0.3, -0.25) is 4.79 Å². The summed E-state index contributed by atoms with van der Waals surface area (Å²) in [5.41, 5.74) is 7.60. The molecule has 3 heteroatoms. The molecule has 0 spiro atoms. The Kier molecular flexibility index (Phi) is 4.69. The van der Waals surface area contributed by atoms with Crippen LogP contribution in [0.4, 0.5) is 5.69 Å². The third-order valence-electron chi connectivity index (χ3n) is 4.68. The van der Waals surface area contributed by atoms with Gasteiger partial charge in [0.1, 0.15) is 0 Å². The Morgan fingerprint density at radius 3 is 2.55 bits per heavy atom. The van der Waals surface area contributed by atoms with Crippen molar-refractivity contribution in [3.63, 3.8) is 0 Å². The first-order valence-corrected chi connectivity index (χ1v) is 7.75. The summed E-state index contributed by atoms with van der Waals surface area (Å²) in [6.45, 7) is 5.64. The number of hydrogen-bond acceptors (Lipinski definition) is 2. The van der Waals surface area contributed by atoms with Crippen LogP contribution in [0.1, 0.15) is 51.5 Å². The van der Waals surface area contributed by atoms with Gasteiger partial charge in [-0.25, -0.2) is 0 Å². The molecular weight excluding hydrogens is 248 g/mol. The monoisotopic (exact) mass is 274 g/mol. The molecule has 2 N–H and O–H groups in total. The Morgan fingerprint density at radius 1 is 1.30 bits per heavy atom. The van der Waals surface area contributed by atoms with E-state index >= 15 is 0 Å². The van der Waals surface area contributed by atoms with E-state index in [2.05, 4.69) is 13.8 Å². The quantitative estimate of drug-likeness (QED) is 0.834. The summed E-state index contributed by atoms with van der Waals surface area (Å²) in [4.78, 5) is 14.9.